The molecule has 7 nitrogen and oxygen atoms in total. The van der Waals surface area contributed by atoms with Crippen LogP contribution in [0.2, 0.25) is 0 Å². The zero-order chi connectivity index (χ0) is 15.6. The lowest BCUT2D eigenvalue weighted by Crippen LogP contribution is -2.13. The molecule has 0 saturated heterocycles. The van der Waals surface area contributed by atoms with E-state index in [9.17, 15) is 4.79 Å². The smallest absolute Gasteiger partial charge is 0.307 e. The fourth-order valence-corrected chi connectivity index (χ4v) is 2.16. The number of carboxylic acid groups (broad SMARTS) is 1. The van der Waals surface area contributed by atoms with Gasteiger partial charge in [-0.1, -0.05) is 5.16 Å². The predicted octanol–water partition coefficient (Wildman–Crippen LogP) is 1.21. The predicted molar refractivity (Wildman–Crippen MR) is 76.9 cm³/mol. The van der Waals surface area contributed by atoms with Gasteiger partial charge in [-0.25, -0.2) is 4.68 Å². The maximum Gasteiger partial charge on any atom is 0.307 e. The molecule has 0 aliphatic carbocycles. The average molecular weight is 288 g/mol. The lowest BCUT2D eigenvalue weighted by atomic mass is 10.1. The molecule has 2 aromatic rings. The van der Waals surface area contributed by atoms with Gasteiger partial charge in [0, 0.05) is 16.8 Å². The van der Waals surface area contributed by atoms with Crippen molar-refractivity contribution in [3.63, 3.8) is 0 Å². The summed E-state index contributed by atoms with van der Waals surface area (Å²) < 4.78 is 1.68. The van der Waals surface area contributed by atoms with Gasteiger partial charge in [0.15, 0.2) is 5.84 Å². The third-order valence-electron chi connectivity index (χ3n) is 3.28. The van der Waals surface area contributed by atoms with E-state index in [-0.39, 0.29) is 12.3 Å². The van der Waals surface area contributed by atoms with E-state index in [2.05, 4.69) is 10.3 Å². The Labute approximate surface area is 121 Å². The monoisotopic (exact) mass is 288 g/mol. The van der Waals surface area contributed by atoms with E-state index >= 15 is 0 Å². The van der Waals surface area contributed by atoms with Crippen molar-refractivity contribution >= 4 is 11.8 Å². The van der Waals surface area contributed by atoms with Crippen LogP contribution in [0.25, 0.3) is 5.69 Å². The molecular weight excluding hydrogens is 272 g/mol. The van der Waals surface area contributed by atoms with Gasteiger partial charge < -0.3 is 16.0 Å². The van der Waals surface area contributed by atoms with E-state index < -0.39 is 5.97 Å². The highest BCUT2D eigenvalue weighted by Crippen LogP contribution is 2.19. The van der Waals surface area contributed by atoms with Crippen LogP contribution in [0.5, 0.6) is 0 Å². The van der Waals surface area contributed by atoms with Crippen LogP contribution < -0.4 is 5.73 Å². The molecule has 1 heterocycles. The molecule has 0 saturated carbocycles. The Hall–Kier alpha value is -2.83. The molecule has 0 aliphatic heterocycles. The highest BCUT2D eigenvalue weighted by atomic mass is 16.4. The number of hydrogen-bond donors (Lipinski definition) is 3. The van der Waals surface area contributed by atoms with Crippen molar-refractivity contribution in [2.45, 2.75) is 20.3 Å². The number of aliphatic carboxylic acids is 1. The van der Waals surface area contributed by atoms with Gasteiger partial charge in [-0.3, -0.25) is 4.79 Å². The molecule has 110 valence electrons. The molecule has 1 aromatic heterocycles. The van der Waals surface area contributed by atoms with Crippen molar-refractivity contribution in [2.75, 3.05) is 0 Å². The van der Waals surface area contributed by atoms with Gasteiger partial charge in [0.25, 0.3) is 0 Å². The zero-order valence-electron chi connectivity index (χ0n) is 11.7. The van der Waals surface area contributed by atoms with Crippen LogP contribution in [0.1, 0.15) is 22.5 Å². The first-order valence-corrected chi connectivity index (χ1v) is 6.29. The first kappa shape index (κ1) is 14.6. The largest absolute Gasteiger partial charge is 0.481 e. The summed E-state index contributed by atoms with van der Waals surface area (Å²) in [6, 6.07) is 6.96. The molecule has 0 unspecified atom stereocenters. The van der Waals surface area contributed by atoms with Crippen molar-refractivity contribution in [1.29, 1.82) is 0 Å². The van der Waals surface area contributed by atoms with Gasteiger partial charge in [0.2, 0.25) is 0 Å². The molecule has 0 amide bonds. The molecule has 0 atom stereocenters. The number of aryl methyl sites for hydroxylation is 1. The number of amidine groups is 1. The Morgan fingerprint density at radius 2 is 1.95 bits per heavy atom. The molecular formula is C14H16N4O3. The summed E-state index contributed by atoms with van der Waals surface area (Å²) in [4.78, 5) is 10.9. The van der Waals surface area contributed by atoms with E-state index in [0.29, 0.717) is 16.8 Å². The molecule has 2 rings (SSSR count). The fourth-order valence-electron chi connectivity index (χ4n) is 2.16. The summed E-state index contributed by atoms with van der Waals surface area (Å²) in [6.45, 7) is 3.61. The second kappa shape index (κ2) is 5.66. The highest BCUT2D eigenvalue weighted by molar-refractivity contribution is 5.97. The van der Waals surface area contributed by atoms with Crippen molar-refractivity contribution in [2.24, 2.45) is 10.9 Å². The maximum atomic E-state index is 10.9. The van der Waals surface area contributed by atoms with E-state index in [0.717, 1.165) is 11.4 Å². The summed E-state index contributed by atoms with van der Waals surface area (Å²) in [5.74, 6) is -0.857. The van der Waals surface area contributed by atoms with Gasteiger partial charge in [-0.2, -0.15) is 5.10 Å². The number of oxime groups is 1. The Morgan fingerprint density at radius 3 is 2.48 bits per heavy atom. The normalized spacial score (nSPS) is 11.6. The van der Waals surface area contributed by atoms with E-state index in [1.54, 1.807) is 35.9 Å². The molecule has 7 heteroatoms. The first-order chi connectivity index (χ1) is 9.93. The van der Waals surface area contributed by atoms with Crippen LogP contribution in [0, 0.1) is 13.8 Å². The van der Waals surface area contributed by atoms with Gasteiger partial charge in [-0.05, 0) is 38.1 Å². The molecule has 0 radical (unpaired) electrons. The number of carboxylic acids is 1. The Kier molecular flexibility index (Phi) is 3.93. The first-order valence-electron chi connectivity index (χ1n) is 6.29. The van der Waals surface area contributed by atoms with Crippen LogP contribution in [-0.2, 0) is 11.2 Å². The van der Waals surface area contributed by atoms with Crippen LogP contribution in [-0.4, -0.2) is 31.9 Å². The minimum atomic E-state index is -0.886. The molecule has 21 heavy (non-hydrogen) atoms. The summed E-state index contributed by atoms with van der Waals surface area (Å²) in [6.07, 6.45) is -0.0557. The quantitative estimate of drug-likeness (QED) is 0.338. The molecule has 0 bridgehead atoms. The number of hydrogen-bond acceptors (Lipinski definition) is 4. The third-order valence-corrected chi connectivity index (χ3v) is 3.28. The second-order valence-corrected chi connectivity index (χ2v) is 4.66. The highest BCUT2D eigenvalue weighted by Gasteiger charge is 2.15. The number of nitrogens with zero attached hydrogens (tertiary/aromatic N) is 3. The number of nitrogens with two attached hydrogens (primary N) is 1. The van der Waals surface area contributed by atoms with Gasteiger partial charge in [-0.15, -0.1) is 0 Å². The molecule has 1 aromatic carbocycles. The molecule has 0 aliphatic rings. The minimum Gasteiger partial charge on any atom is -0.481 e. The number of aromatic nitrogens is 2. The average Bonchev–Trinajstić information content (AvgIpc) is 2.74. The van der Waals surface area contributed by atoms with Crippen LogP contribution in [0.3, 0.4) is 0 Å². The van der Waals surface area contributed by atoms with E-state index in [1.165, 1.54) is 0 Å². The second-order valence-electron chi connectivity index (χ2n) is 4.66. The topological polar surface area (TPSA) is 114 Å². The standard InChI is InChI=1S/C14H16N4O3/c1-8-12(7-13(19)20)9(2)18(16-8)11-5-3-10(4-6-11)14(15)17-21/h3-6,21H,7H2,1-2H3,(H2,15,17)(H,19,20). The Morgan fingerprint density at radius 1 is 1.33 bits per heavy atom. The van der Waals surface area contributed by atoms with Gasteiger partial charge >= 0.3 is 5.97 Å². The van der Waals surface area contributed by atoms with Crippen molar-refractivity contribution in [1.82, 2.24) is 9.78 Å². The summed E-state index contributed by atoms with van der Waals surface area (Å²) in [5.41, 5.74) is 9.06. The van der Waals surface area contributed by atoms with E-state index in [4.69, 9.17) is 16.0 Å². The SMILES string of the molecule is Cc1nn(-c2ccc(C(N)=NO)cc2)c(C)c1CC(=O)O. The Bertz CT molecular complexity index is 702. The van der Waals surface area contributed by atoms with Crippen LogP contribution >= 0.6 is 0 Å². The number of carbonyl (C=O) groups is 1. The third kappa shape index (κ3) is 2.86. The van der Waals surface area contributed by atoms with Crippen molar-refractivity contribution in [3.8, 4) is 5.69 Å². The molecule has 0 spiro atoms. The zero-order valence-corrected chi connectivity index (χ0v) is 11.7. The van der Waals surface area contributed by atoms with Crippen molar-refractivity contribution < 1.29 is 15.1 Å². The van der Waals surface area contributed by atoms with E-state index in [1.807, 2.05) is 6.92 Å². The summed E-state index contributed by atoms with van der Waals surface area (Å²) in [5, 5.41) is 24.9. The number of rotatable bonds is 4. The Balaban J connectivity index is 2.41. The fraction of sp³-hybridized carbons (Fsp3) is 0.214. The molecule has 4 N–H and O–H groups in total. The number of benzene rings is 1. The van der Waals surface area contributed by atoms with Crippen LogP contribution in [0.4, 0.5) is 0 Å². The minimum absolute atomic E-state index is 0.0292. The van der Waals surface area contributed by atoms with Gasteiger partial charge in [0.05, 0.1) is 17.8 Å². The summed E-state index contributed by atoms with van der Waals surface area (Å²) >= 11 is 0. The lowest BCUT2D eigenvalue weighted by molar-refractivity contribution is -0.136. The summed E-state index contributed by atoms with van der Waals surface area (Å²) in [7, 11) is 0. The van der Waals surface area contributed by atoms with Crippen LogP contribution in [0.15, 0.2) is 29.4 Å². The van der Waals surface area contributed by atoms with Gasteiger partial charge in [0.1, 0.15) is 0 Å². The lowest BCUT2D eigenvalue weighted by Gasteiger charge is -2.06. The maximum absolute atomic E-state index is 10.9. The van der Waals surface area contributed by atoms with Crippen molar-refractivity contribution in [3.05, 3.63) is 46.8 Å². The molecule has 0 fully saturated rings.